The topological polar surface area (TPSA) is 85.9 Å². The molecule has 1 N–H and O–H groups in total. The van der Waals surface area contributed by atoms with Gasteiger partial charge in [-0.2, -0.15) is 0 Å². The molecular weight excluding hydrogens is 208 g/mol. The van der Waals surface area contributed by atoms with Gasteiger partial charge in [0.1, 0.15) is 5.82 Å². The van der Waals surface area contributed by atoms with E-state index < -0.39 is 5.97 Å². The molecule has 0 aliphatic carbocycles. The van der Waals surface area contributed by atoms with Gasteiger partial charge < -0.3 is 14.9 Å². The van der Waals surface area contributed by atoms with E-state index in [1.54, 1.807) is 24.3 Å². The molecule has 0 aliphatic rings. The number of rotatable bonds is 3. The fourth-order valence-electron chi connectivity index (χ4n) is 1.47. The summed E-state index contributed by atoms with van der Waals surface area (Å²) in [5.74, 6) is -0.788. The van der Waals surface area contributed by atoms with E-state index in [2.05, 4.69) is 9.97 Å². The number of hydrogen-bond acceptors (Lipinski definition) is 4. The molecule has 0 aliphatic heterocycles. The Labute approximate surface area is 90.8 Å². The van der Waals surface area contributed by atoms with Crippen LogP contribution in [0, 0.1) is 0 Å². The standard InChI is InChI=1S/C11H10N2O3/c14-10(15)6-5-9-12-8-4-2-1-3-7(8)11(16)13-9/h1-4H,5-6H2,(H,14,15)(H,12,13,16)/p-1. The van der Waals surface area contributed by atoms with Gasteiger partial charge in [0.2, 0.25) is 0 Å². The van der Waals surface area contributed by atoms with Crippen LogP contribution in [0.1, 0.15) is 12.2 Å². The number of carboxylic acids is 1. The van der Waals surface area contributed by atoms with E-state index in [1.165, 1.54) is 0 Å². The molecule has 0 fully saturated rings. The summed E-state index contributed by atoms with van der Waals surface area (Å²) in [7, 11) is 0. The van der Waals surface area contributed by atoms with Crippen LogP contribution in [0.2, 0.25) is 0 Å². The number of para-hydroxylation sites is 1. The first-order chi connectivity index (χ1) is 7.66. The molecule has 0 saturated carbocycles. The molecule has 0 atom stereocenters. The molecule has 1 aromatic carbocycles. The molecule has 5 nitrogen and oxygen atoms in total. The quantitative estimate of drug-likeness (QED) is 0.758. The van der Waals surface area contributed by atoms with Gasteiger partial charge in [-0.05, 0) is 18.6 Å². The van der Waals surface area contributed by atoms with Crippen molar-refractivity contribution in [3.63, 3.8) is 0 Å². The van der Waals surface area contributed by atoms with Crippen molar-refractivity contribution in [3.8, 4) is 0 Å². The number of aromatic nitrogens is 2. The number of carboxylic acid groups (broad SMARTS) is 1. The van der Waals surface area contributed by atoms with E-state index in [4.69, 9.17) is 0 Å². The van der Waals surface area contributed by atoms with Crippen LogP contribution in [0.4, 0.5) is 0 Å². The van der Waals surface area contributed by atoms with E-state index in [9.17, 15) is 14.7 Å². The molecular formula is C11H9N2O3-. The average Bonchev–Trinajstić information content (AvgIpc) is 2.26. The number of benzene rings is 1. The molecule has 0 amide bonds. The lowest BCUT2D eigenvalue weighted by molar-refractivity contribution is -0.305. The van der Waals surface area contributed by atoms with Crippen molar-refractivity contribution in [3.05, 3.63) is 40.4 Å². The van der Waals surface area contributed by atoms with E-state index in [0.717, 1.165) is 0 Å². The predicted octanol–water partition coefficient (Wildman–Crippen LogP) is -0.394. The summed E-state index contributed by atoms with van der Waals surface area (Å²) in [6.07, 6.45) is 0.0175. The largest absolute Gasteiger partial charge is 0.550 e. The highest BCUT2D eigenvalue weighted by molar-refractivity contribution is 5.77. The van der Waals surface area contributed by atoms with E-state index in [0.29, 0.717) is 16.7 Å². The number of aromatic amines is 1. The van der Waals surface area contributed by atoms with Crippen molar-refractivity contribution in [1.29, 1.82) is 0 Å². The summed E-state index contributed by atoms with van der Waals surface area (Å²) in [5.41, 5.74) is 0.318. The van der Waals surface area contributed by atoms with Crippen LogP contribution in [0.3, 0.4) is 0 Å². The number of nitrogens with one attached hydrogen (secondary N) is 1. The second-order valence-corrected chi connectivity index (χ2v) is 3.40. The Morgan fingerprint density at radius 1 is 1.38 bits per heavy atom. The first-order valence-corrected chi connectivity index (χ1v) is 4.84. The Morgan fingerprint density at radius 2 is 2.12 bits per heavy atom. The first kappa shape index (κ1) is 10.4. The summed E-state index contributed by atoms with van der Waals surface area (Å²) < 4.78 is 0. The smallest absolute Gasteiger partial charge is 0.258 e. The number of carbonyl (C=O) groups excluding carboxylic acids is 1. The maximum Gasteiger partial charge on any atom is 0.258 e. The molecule has 0 radical (unpaired) electrons. The Bertz CT molecular complexity index is 589. The fraction of sp³-hybridized carbons (Fsp3) is 0.182. The summed E-state index contributed by atoms with van der Waals surface area (Å²) in [4.78, 5) is 28.6. The van der Waals surface area contributed by atoms with Gasteiger partial charge in [-0.15, -0.1) is 0 Å². The highest BCUT2D eigenvalue weighted by Gasteiger charge is 2.02. The third-order valence-corrected chi connectivity index (χ3v) is 2.23. The van der Waals surface area contributed by atoms with Crippen LogP contribution >= 0.6 is 0 Å². The summed E-state index contributed by atoms with van der Waals surface area (Å²) in [6.45, 7) is 0. The number of nitrogens with zero attached hydrogens (tertiary/aromatic N) is 1. The Kier molecular flexibility index (Phi) is 2.68. The zero-order valence-corrected chi connectivity index (χ0v) is 8.40. The lowest BCUT2D eigenvalue weighted by atomic mass is 10.2. The summed E-state index contributed by atoms with van der Waals surface area (Å²) in [5, 5.41) is 10.8. The summed E-state index contributed by atoms with van der Waals surface area (Å²) >= 11 is 0. The second-order valence-electron chi connectivity index (χ2n) is 3.40. The number of aliphatic carboxylic acids is 1. The number of H-pyrrole nitrogens is 1. The Hall–Kier alpha value is -2.17. The van der Waals surface area contributed by atoms with Crippen molar-refractivity contribution in [2.45, 2.75) is 12.8 Å². The molecule has 2 rings (SSSR count). The zero-order valence-electron chi connectivity index (χ0n) is 8.40. The average molecular weight is 217 g/mol. The van der Waals surface area contributed by atoms with Gasteiger partial charge in [0.05, 0.1) is 10.9 Å². The highest BCUT2D eigenvalue weighted by Crippen LogP contribution is 2.06. The van der Waals surface area contributed by atoms with E-state index in [1.807, 2.05) is 0 Å². The van der Waals surface area contributed by atoms with Crippen molar-refractivity contribution in [2.75, 3.05) is 0 Å². The van der Waals surface area contributed by atoms with E-state index in [-0.39, 0.29) is 18.4 Å². The third-order valence-electron chi connectivity index (χ3n) is 2.23. The van der Waals surface area contributed by atoms with Crippen molar-refractivity contribution in [2.24, 2.45) is 0 Å². The molecule has 0 spiro atoms. The highest BCUT2D eigenvalue weighted by atomic mass is 16.4. The lowest BCUT2D eigenvalue weighted by Gasteiger charge is -2.03. The minimum Gasteiger partial charge on any atom is -0.550 e. The number of aryl methyl sites for hydroxylation is 1. The van der Waals surface area contributed by atoms with Gasteiger partial charge in [-0.3, -0.25) is 4.79 Å². The Morgan fingerprint density at radius 3 is 2.88 bits per heavy atom. The number of hydrogen-bond donors (Lipinski definition) is 1. The van der Waals surface area contributed by atoms with Gasteiger partial charge in [-0.25, -0.2) is 4.98 Å². The zero-order chi connectivity index (χ0) is 11.5. The first-order valence-electron chi connectivity index (χ1n) is 4.84. The molecule has 2 aromatic rings. The van der Waals surface area contributed by atoms with Crippen LogP contribution in [-0.2, 0) is 11.2 Å². The maximum atomic E-state index is 11.6. The van der Waals surface area contributed by atoms with Crippen LogP contribution < -0.4 is 10.7 Å². The molecule has 0 unspecified atom stereocenters. The molecule has 16 heavy (non-hydrogen) atoms. The maximum absolute atomic E-state index is 11.6. The normalized spacial score (nSPS) is 10.5. The lowest BCUT2D eigenvalue weighted by Crippen LogP contribution is -2.23. The third kappa shape index (κ3) is 2.08. The molecule has 82 valence electrons. The van der Waals surface area contributed by atoms with Gasteiger partial charge in [-0.1, -0.05) is 12.1 Å². The van der Waals surface area contributed by atoms with Gasteiger partial charge in [0, 0.05) is 12.4 Å². The second kappa shape index (κ2) is 4.14. The molecule has 5 heteroatoms. The minimum atomic E-state index is -1.16. The minimum absolute atomic E-state index is 0.152. The number of carbonyl (C=O) groups is 1. The van der Waals surface area contributed by atoms with Crippen LogP contribution in [0.25, 0.3) is 10.9 Å². The van der Waals surface area contributed by atoms with Gasteiger partial charge in [0.15, 0.2) is 0 Å². The molecule has 1 heterocycles. The van der Waals surface area contributed by atoms with Crippen LogP contribution in [-0.4, -0.2) is 15.9 Å². The number of fused-ring (bicyclic) bond motifs is 1. The summed E-state index contributed by atoms with van der Waals surface area (Å²) in [6, 6.07) is 6.91. The molecule has 0 bridgehead atoms. The van der Waals surface area contributed by atoms with Crippen LogP contribution in [0.15, 0.2) is 29.1 Å². The SMILES string of the molecule is O=C([O-])CCc1nc2ccccc2c(=O)[nH]1. The molecule has 0 saturated heterocycles. The van der Waals surface area contributed by atoms with E-state index >= 15 is 0 Å². The fourth-order valence-corrected chi connectivity index (χ4v) is 1.47. The van der Waals surface area contributed by atoms with Crippen molar-refractivity contribution >= 4 is 16.9 Å². The predicted molar refractivity (Wildman–Crippen MR) is 55.7 cm³/mol. The Balaban J connectivity index is 2.42. The van der Waals surface area contributed by atoms with Crippen LogP contribution in [0.5, 0.6) is 0 Å². The molecule has 1 aromatic heterocycles. The van der Waals surface area contributed by atoms with Gasteiger partial charge in [0.25, 0.3) is 5.56 Å². The van der Waals surface area contributed by atoms with Gasteiger partial charge >= 0.3 is 0 Å². The monoisotopic (exact) mass is 217 g/mol. The van der Waals surface area contributed by atoms with Crippen molar-refractivity contribution < 1.29 is 9.90 Å². The van der Waals surface area contributed by atoms with Crippen molar-refractivity contribution in [1.82, 2.24) is 9.97 Å².